The van der Waals surface area contributed by atoms with Gasteiger partial charge in [0.25, 0.3) is 0 Å². The summed E-state index contributed by atoms with van der Waals surface area (Å²) in [4.78, 5) is 12.5. The van der Waals surface area contributed by atoms with Crippen LogP contribution in [0.25, 0.3) is 0 Å². The maximum Gasteiger partial charge on any atom is 0.0443 e. The van der Waals surface area contributed by atoms with Crippen LogP contribution in [-0.4, -0.2) is 41.0 Å². The molecule has 0 bridgehead atoms. The summed E-state index contributed by atoms with van der Waals surface area (Å²) in [6.45, 7) is 5.35. The SMILES string of the molecule is CC1(SN=O)CCN(CCCO)CC1. The third-order valence-corrected chi connectivity index (χ3v) is 3.73. The summed E-state index contributed by atoms with van der Waals surface area (Å²) in [6, 6.07) is 0. The second kappa shape index (κ2) is 5.68. The third-order valence-electron chi connectivity index (χ3n) is 2.80. The van der Waals surface area contributed by atoms with Crippen molar-refractivity contribution in [3.05, 3.63) is 4.91 Å². The maximum atomic E-state index is 10.2. The van der Waals surface area contributed by atoms with Gasteiger partial charge < -0.3 is 10.0 Å². The lowest BCUT2D eigenvalue weighted by atomic mass is 9.98. The molecule has 1 aliphatic heterocycles. The molecule has 14 heavy (non-hydrogen) atoms. The topological polar surface area (TPSA) is 52.9 Å². The Morgan fingerprint density at radius 2 is 2.14 bits per heavy atom. The van der Waals surface area contributed by atoms with Gasteiger partial charge in [-0.3, -0.25) is 0 Å². The summed E-state index contributed by atoms with van der Waals surface area (Å²) in [5.74, 6) is 0. The molecular weight excluding hydrogens is 200 g/mol. The molecule has 0 amide bonds. The summed E-state index contributed by atoms with van der Waals surface area (Å²) in [6.07, 6.45) is 2.86. The molecule has 1 N–H and O–H groups in total. The number of piperidine rings is 1. The fraction of sp³-hybridized carbons (Fsp3) is 1.00. The number of aliphatic hydroxyl groups excluding tert-OH is 1. The summed E-state index contributed by atoms with van der Waals surface area (Å²) < 4.78 is 2.97. The van der Waals surface area contributed by atoms with Gasteiger partial charge in [-0.15, -0.1) is 4.91 Å². The Labute approximate surface area is 89.2 Å². The van der Waals surface area contributed by atoms with E-state index in [0.29, 0.717) is 0 Å². The standard InChI is InChI=1S/C9H18N2O2S/c1-9(14-10-13)3-6-11(7-4-9)5-2-8-12/h12H,2-8H2,1H3. The zero-order valence-electron chi connectivity index (χ0n) is 8.61. The maximum absolute atomic E-state index is 10.2. The Hall–Kier alpha value is -0.130. The Kier molecular flexibility index (Phi) is 4.84. The van der Waals surface area contributed by atoms with Crippen LogP contribution in [0.15, 0.2) is 4.58 Å². The van der Waals surface area contributed by atoms with Crippen molar-refractivity contribution >= 4 is 11.9 Å². The predicted molar refractivity (Wildman–Crippen MR) is 59.2 cm³/mol. The molecule has 4 nitrogen and oxygen atoms in total. The van der Waals surface area contributed by atoms with Crippen molar-refractivity contribution in [2.45, 2.75) is 30.9 Å². The van der Waals surface area contributed by atoms with Crippen LogP contribution in [0.2, 0.25) is 0 Å². The van der Waals surface area contributed by atoms with Gasteiger partial charge in [0, 0.05) is 34.4 Å². The number of likely N-dealkylation sites (tertiary alicyclic amines) is 1. The monoisotopic (exact) mass is 218 g/mol. The first-order valence-corrected chi connectivity index (χ1v) is 5.81. The van der Waals surface area contributed by atoms with Gasteiger partial charge in [0.15, 0.2) is 0 Å². The first-order chi connectivity index (χ1) is 6.70. The Balaban J connectivity index is 2.26. The minimum Gasteiger partial charge on any atom is -0.396 e. The average Bonchev–Trinajstić information content (AvgIpc) is 2.17. The minimum atomic E-state index is 0.0392. The van der Waals surface area contributed by atoms with E-state index in [1.54, 1.807) is 0 Å². The molecule has 0 aromatic carbocycles. The van der Waals surface area contributed by atoms with E-state index in [1.807, 2.05) is 0 Å². The zero-order chi connectivity index (χ0) is 10.4. The van der Waals surface area contributed by atoms with Crippen molar-refractivity contribution in [3.8, 4) is 0 Å². The van der Waals surface area contributed by atoms with Crippen molar-refractivity contribution in [1.29, 1.82) is 0 Å². The fourth-order valence-corrected chi connectivity index (χ4v) is 2.27. The molecule has 0 radical (unpaired) electrons. The highest BCUT2D eigenvalue weighted by Crippen LogP contribution is 2.35. The number of aliphatic hydroxyl groups is 1. The molecule has 1 aliphatic rings. The van der Waals surface area contributed by atoms with Gasteiger partial charge in [0.05, 0.1) is 0 Å². The zero-order valence-corrected chi connectivity index (χ0v) is 9.42. The Morgan fingerprint density at radius 3 is 2.64 bits per heavy atom. The Morgan fingerprint density at radius 1 is 1.50 bits per heavy atom. The van der Waals surface area contributed by atoms with Gasteiger partial charge in [-0.1, -0.05) is 0 Å². The summed E-state index contributed by atoms with van der Waals surface area (Å²) in [5, 5.41) is 8.70. The summed E-state index contributed by atoms with van der Waals surface area (Å²) >= 11 is 1.17. The van der Waals surface area contributed by atoms with E-state index in [0.717, 1.165) is 38.9 Å². The lowest BCUT2D eigenvalue weighted by Crippen LogP contribution is -2.41. The van der Waals surface area contributed by atoms with Crippen LogP contribution >= 0.6 is 11.9 Å². The van der Waals surface area contributed by atoms with Crippen molar-refractivity contribution in [2.24, 2.45) is 4.58 Å². The molecule has 1 heterocycles. The predicted octanol–water partition coefficient (Wildman–Crippen LogP) is 1.64. The van der Waals surface area contributed by atoms with E-state index in [-0.39, 0.29) is 11.4 Å². The molecule has 0 spiro atoms. The molecular formula is C9H18N2O2S. The van der Waals surface area contributed by atoms with Gasteiger partial charge >= 0.3 is 0 Å². The van der Waals surface area contributed by atoms with E-state index >= 15 is 0 Å². The molecule has 0 aliphatic carbocycles. The van der Waals surface area contributed by atoms with Crippen molar-refractivity contribution in [2.75, 3.05) is 26.2 Å². The fourth-order valence-electron chi connectivity index (χ4n) is 1.73. The first kappa shape index (κ1) is 11.9. The highest BCUT2D eigenvalue weighted by molar-refractivity contribution is 7.99. The molecule has 1 saturated heterocycles. The molecule has 82 valence electrons. The van der Waals surface area contributed by atoms with Crippen LogP contribution in [0.4, 0.5) is 0 Å². The van der Waals surface area contributed by atoms with E-state index in [2.05, 4.69) is 16.4 Å². The number of hydrogen-bond acceptors (Lipinski definition) is 5. The van der Waals surface area contributed by atoms with Gasteiger partial charge in [0.1, 0.15) is 0 Å². The van der Waals surface area contributed by atoms with Gasteiger partial charge in [-0.05, 0) is 39.3 Å². The average molecular weight is 218 g/mol. The molecule has 1 fully saturated rings. The first-order valence-electron chi connectivity index (χ1n) is 5.04. The van der Waals surface area contributed by atoms with Crippen molar-refractivity contribution in [1.82, 2.24) is 4.90 Å². The van der Waals surface area contributed by atoms with Crippen LogP contribution in [0.5, 0.6) is 0 Å². The molecule has 0 saturated carbocycles. The molecule has 1 rings (SSSR count). The lowest BCUT2D eigenvalue weighted by molar-refractivity contribution is 0.183. The normalized spacial score (nSPS) is 22.1. The van der Waals surface area contributed by atoms with Gasteiger partial charge in [-0.25, -0.2) is 0 Å². The smallest absolute Gasteiger partial charge is 0.0443 e. The third kappa shape index (κ3) is 3.55. The van der Waals surface area contributed by atoms with Crippen molar-refractivity contribution < 1.29 is 5.11 Å². The van der Waals surface area contributed by atoms with E-state index in [9.17, 15) is 4.91 Å². The van der Waals surface area contributed by atoms with Crippen LogP contribution in [0.1, 0.15) is 26.2 Å². The molecule has 0 unspecified atom stereocenters. The van der Waals surface area contributed by atoms with Crippen LogP contribution < -0.4 is 0 Å². The highest BCUT2D eigenvalue weighted by Gasteiger charge is 2.31. The van der Waals surface area contributed by atoms with Crippen LogP contribution in [-0.2, 0) is 0 Å². The quantitative estimate of drug-likeness (QED) is 0.563. The molecule has 5 heteroatoms. The lowest BCUT2D eigenvalue weighted by Gasteiger charge is -2.36. The van der Waals surface area contributed by atoms with Crippen LogP contribution in [0.3, 0.4) is 0 Å². The largest absolute Gasteiger partial charge is 0.396 e. The number of nitrogens with zero attached hydrogens (tertiary/aromatic N) is 2. The van der Waals surface area contributed by atoms with Crippen molar-refractivity contribution in [3.63, 3.8) is 0 Å². The summed E-state index contributed by atoms with van der Waals surface area (Å²) in [5.41, 5.74) is 0. The van der Waals surface area contributed by atoms with Gasteiger partial charge in [-0.2, -0.15) is 0 Å². The summed E-state index contributed by atoms with van der Waals surface area (Å²) in [7, 11) is 0. The van der Waals surface area contributed by atoms with E-state index in [1.165, 1.54) is 11.9 Å². The van der Waals surface area contributed by atoms with E-state index < -0.39 is 0 Å². The Bertz CT molecular complexity index is 182. The van der Waals surface area contributed by atoms with Crippen LogP contribution in [0, 0.1) is 4.91 Å². The molecule has 0 aromatic rings. The molecule has 0 atom stereocenters. The minimum absolute atomic E-state index is 0.0392. The van der Waals surface area contributed by atoms with Gasteiger partial charge in [0.2, 0.25) is 0 Å². The highest BCUT2D eigenvalue weighted by atomic mass is 32.2. The number of rotatable bonds is 5. The second-order valence-corrected chi connectivity index (χ2v) is 5.35. The number of hydrogen-bond donors (Lipinski definition) is 1. The second-order valence-electron chi connectivity index (χ2n) is 4.03. The van der Waals surface area contributed by atoms with E-state index in [4.69, 9.17) is 5.11 Å². The molecule has 0 aromatic heterocycles. The number of nitroso groups, excluding NO2 is 1.